The highest BCUT2D eigenvalue weighted by Gasteiger charge is 2.51. The van der Waals surface area contributed by atoms with Crippen LogP contribution in [0.2, 0.25) is 0 Å². The minimum absolute atomic E-state index is 0.103. The van der Waals surface area contributed by atoms with Gasteiger partial charge in [-0.05, 0) is 40.0 Å². The van der Waals surface area contributed by atoms with E-state index < -0.39 is 147 Å². The molecule has 19 nitrogen and oxygen atoms in total. The zero-order valence-electron chi connectivity index (χ0n) is 39.5. The van der Waals surface area contributed by atoms with E-state index in [2.05, 4.69) is 5.32 Å². The molecule has 386 valence electrons. The van der Waals surface area contributed by atoms with Crippen molar-refractivity contribution in [1.29, 1.82) is 0 Å². The van der Waals surface area contributed by atoms with Gasteiger partial charge >= 0.3 is 5.97 Å². The molecule has 0 saturated carbocycles. The Balaban J connectivity index is 1.92. The standard InChI is InChI=1S/C49H78N2O17/c1-30-17-15-13-11-9-7-5-6-8-10-12-14-16-18-35(67-47-45(62)44(50)40(60)28-65-47)25-41-43(46(63)51-48(3,4)29-52)39(59)27-49(64,68-41)26-34(55)23-38(58)36(56)20-19-32(53)22-33(54)24-42(61)66-31(2)21-37(30)57/h5-18,30-41,43-45,47,52-60,62,64H,19-29,50H2,1-4H3,(H,51,63)/b6-5+,9-7+,10-8+,13-11+,14-12+,17-15+,18-16+/t30-,31-,32?,33?,34?,35?,36+,37-,38?,39-,40+,41-,43+,44-,45-,47-,49?/m0/s1. The van der Waals surface area contributed by atoms with Gasteiger partial charge in [0.1, 0.15) is 12.2 Å². The molecule has 3 aliphatic rings. The number of cyclic esters (lactones) is 1. The summed E-state index contributed by atoms with van der Waals surface area (Å²) in [5.41, 5.74) is 4.87. The zero-order valence-corrected chi connectivity index (χ0v) is 39.5. The second-order valence-electron chi connectivity index (χ2n) is 18.9. The minimum atomic E-state index is -2.31. The second kappa shape index (κ2) is 29.0. The maximum Gasteiger partial charge on any atom is 0.308 e. The van der Waals surface area contributed by atoms with Gasteiger partial charge in [-0.1, -0.05) is 92.0 Å². The largest absolute Gasteiger partial charge is 0.462 e. The first-order chi connectivity index (χ1) is 32.0. The molecule has 2 saturated heterocycles. The molecule has 17 atom stereocenters. The Bertz CT molecular complexity index is 1740. The van der Waals surface area contributed by atoms with Crippen LogP contribution in [0.3, 0.4) is 0 Å². The van der Waals surface area contributed by atoms with Gasteiger partial charge in [0.05, 0.1) is 98.2 Å². The summed E-state index contributed by atoms with van der Waals surface area (Å²) in [5.74, 6) is -5.40. The number of aliphatic hydroxyl groups is 11. The summed E-state index contributed by atoms with van der Waals surface area (Å²) in [6.45, 7) is 5.84. The average Bonchev–Trinajstić information content (AvgIpc) is 3.24. The third-order valence-corrected chi connectivity index (χ3v) is 11.9. The summed E-state index contributed by atoms with van der Waals surface area (Å²) < 4.78 is 23.2. The molecule has 68 heavy (non-hydrogen) atoms. The molecular weight excluding hydrogens is 889 g/mol. The smallest absolute Gasteiger partial charge is 0.308 e. The van der Waals surface area contributed by atoms with Gasteiger partial charge in [0.25, 0.3) is 0 Å². The fourth-order valence-electron chi connectivity index (χ4n) is 7.97. The van der Waals surface area contributed by atoms with Crippen LogP contribution < -0.4 is 11.1 Å². The van der Waals surface area contributed by atoms with E-state index in [9.17, 15) is 65.8 Å². The number of esters is 1. The van der Waals surface area contributed by atoms with Crippen molar-refractivity contribution in [3.05, 3.63) is 85.1 Å². The van der Waals surface area contributed by atoms with Crippen molar-refractivity contribution in [3.8, 4) is 0 Å². The lowest BCUT2D eigenvalue weighted by Crippen LogP contribution is -2.61. The number of amides is 1. The minimum Gasteiger partial charge on any atom is -0.462 e. The Morgan fingerprint density at radius 2 is 1.32 bits per heavy atom. The van der Waals surface area contributed by atoms with E-state index in [0.29, 0.717) is 0 Å². The van der Waals surface area contributed by atoms with Crippen molar-refractivity contribution < 1.29 is 84.7 Å². The number of hydrogen-bond acceptors (Lipinski definition) is 18. The van der Waals surface area contributed by atoms with Crippen LogP contribution in [0.5, 0.6) is 0 Å². The van der Waals surface area contributed by atoms with Crippen LogP contribution in [0, 0.1) is 11.8 Å². The van der Waals surface area contributed by atoms with Crippen molar-refractivity contribution >= 4 is 11.9 Å². The summed E-state index contributed by atoms with van der Waals surface area (Å²) in [4.78, 5) is 26.3. The van der Waals surface area contributed by atoms with Gasteiger partial charge in [-0.15, -0.1) is 0 Å². The third-order valence-electron chi connectivity index (χ3n) is 11.9. The number of nitrogens with one attached hydrogen (secondary N) is 1. The maximum absolute atomic E-state index is 13.8. The molecule has 0 radical (unpaired) electrons. The van der Waals surface area contributed by atoms with Crippen LogP contribution in [0.1, 0.15) is 85.5 Å². The number of carbonyl (C=O) groups excluding carboxylic acids is 2. The Morgan fingerprint density at radius 3 is 1.93 bits per heavy atom. The monoisotopic (exact) mass is 967 g/mol. The van der Waals surface area contributed by atoms with Crippen LogP contribution in [0.15, 0.2) is 85.1 Å². The average molecular weight is 967 g/mol. The van der Waals surface area contributed by atoms with E-state index in [1.54, 1.807) is 87.6 Å². The van der Waals surface area contributed by atoms with E-state index in [1.165, 1.54) is 0 Å². The lowest BCUT2D eigenvalue weighted by molar-refractivity contribution is -0.304. The number of rotatable bonds is 5. The number of hydrogen-bond donors (Lipinski definition) is 13. The summed E-state index contributed by atoms with van der Waals surface area (Å²) in [5, 5.41) is 121. The molecule has 2 fully saturated rings. The molecule has 3 heterocycles. The van der Waals surface area contributed by atoms with Crippen LogP contribution >= 0.6 is 0 Å². The number of allylic oxidation sites excluding steroid dienone is 12. The zero-order chi connectivity index (χ0) is 50.6. The summed E-state index contributed by atoms with van der Waals surface area (Å²) in [7, 11) is 0. The van der Waals surface area contributed by atoms with Crippen molar-refractivity contribution in [2.75, 3.05) is 13.2 Å². The topological polar surface area (TPSA) is 332 Å². The molecule has 0 aromatic rings. The van der Waals surface area contributed by atoms with Gasteiger partial charge in [-0.25, -0.2) is 0 Å². The Labute approximate surface area is 399 Å². The molecule has 0 aliphatic carbocycles. The van der Waals surface area contributed by atoms with Crippen molar-refractivity contribution in [3.63, 3.8) is 0 Å². The quantitative estimate of drug-likeness (QED) is 0.160. The molecule has 0 aromatic carbocycles. The highest BCUT2D eigenvalue weighted by atomic mass is 16.7. The van der Waals surface area contributed by atoms with Crippen LogP contribution in [-0.2, 0) is 28.5 Å². The Kier molecular flexibility index (Phi) is 25.1. The fraction of sp³-hybridized carbons (Fsp3) is 0.673. The lowest BCUT2D eigenvalue weighted by atomic mass is 9.81. The van der Waals surface area contributed by atoms with E-state index in [-0.39, 0.29) is 44.6 Å². The Hall–Kier alpha value is -3.48. The van der Waals surface area contributed by atoms with Gasteiger partial charge in [0.15, 0.2) is 12.1 Å². The highest BCUT2D eigenvalue weighted by Crippen LogP contribution is 2.38. The first-order valence-electron chi connectivity index (χ1n) is 23.4. The number of nitrogens with two attached hydrogens (primary N) is 1. The number of fused-ring (bicyclic) bond motifs is 2. The number of ether oxygens (including phenoxy) is 4. The molecule has 14 N–H and O–H groups in total. The van der Waals surface area contributed by atoms with E-state index in [1.807, 2.05) is 25.2 Å². The summed E-state index contributed by atoms with van der Waals surface area (Å²) >= 11 is 0. The first kappa shape index (κ1) is 58.8. The van der Waals surface area contributed by atoms with Crippen LogP contribution in [-0.4, -0.2) is 178 Å². The predicted molar refractivity (Wildman–Crippen MR) is 250 cm³/mol. The molecule has 3 aliphatic heterocycles. The van der Waals surface area contributed by atoms with E-state index in [0.717, 1.165) is 0 Å². The van der Waals surface area contributed by atoms with E-state index in [4.69, 9.17) is 24.7 Å². The second-order valence-corrected chi connectivity index (χ2v) is 18.9. The predicted octanol–water partition coefficient (Wildman–Crippen LogP) is -0.120. The molecule has 2 bridgehead atoms. The van der Waals surface area contributed by atoms with Crippen molar-refractivity contribution in [2.45, 2.75) is 182 Å². The third kappa shape index (κ3) is 20.9. The first-order valence-corrected chi connectivity index (χ1v) is 23.4. The van der Waals surface area contributed by atoms with Crippen molar-refractivity contribution in [1.82, 2.24) is 5.32 Å². The van der Waals surface area contributed by atoms with Gasteiger partial charge in [0, 0.05) is 38.0 Å². The highest BCUT2D eigenvalue weighted by molar-refractivity contribution is 5.80. The number of aliphatic hydroxyl groups excluding tert-OH is 10. The van der Waals surface area contributed by atoms with E-state index >= 15 is 0 Å². The van der Waals surface area contributed by atoms with Crippen molar-refractivity contribution in [2.24, 2.45) is 17.6 Å². The number of carbonyl (C=O) groups is 2. The van der Waals surface area contributed by atoms with Gasteiger partial charge in [-0.2, -0.15) is 0 Å². The normalized spacial score (nSPS) is 42.0. The summed E-state index contributed by atoms with van der Waals surface area (Å²) in [6, 6.07) is -1.13. The van der Waals surface area contributed by atoms with Gasteiger partial charge in [-0.3, -0.25) is 9.59 Å². The van der Waals surface area contributed by atoms with Gasteiger partial charge in [0.2, 0.25) is 5.91 Å². The molecular formula is C49H78N2O17. The fourth-order valence-corrected chi connectivity index (χ4v) is 7.97. The molecule has 19 heteroatoms. The van der Waals surface area contributed by atoms with Crippen LogP contribution in [0.25, 0.3) is 0 Å². The molecule has 6 unspecified atom stereocenters. The lowest BCUT2D eigenvalue weighted by Gasteiger charge is -2.46. The molecule has 1 amide bonds. The Morgan fingerprint density at radius 1 is 0.735 bits per heavy atom. The maximum atomic E-state index is 13.8. The molecule has 0 spiro atoms. The molecule has 3 rings (SSSR count). The summed E-state index contributed by atoms with van der Waals surface area (Å²) in [6.07, 6.45) is 5.16. The molecule has 0 aromatic heterocycles. The SMILES string of the molecule is C[C@H]1C[C@H](O)[C@@H](C)/C=C/C=C/C=C/C=C/C=C/C=C/C=C/C(O[C@@H]2OC[C@@H](O)[C@H](N)[C@@H]2O)C[C@@H]2OC(O)(CC(O)CC(O)[C@H](O)CCC(O)CC(O)CC(=O)O1)C[C@H](O)[C@H]2C(=O)NC(C)(C)CO. The van der Waals surface area contributed by atoms with Gasteiger partial charge < -0.3 is 86.2 Å². The van der Waals surface area contributed by atoms with Crippen LogP contribution in [0.4, 0.5) is 0 Å².